The molecule has 0 aromatic carbocycles. The van der Waals surface area contributed by atoms with Crippen molar-refractivity contribution in [2.24, 2.45) is 0 Å². The summed E-state index contributed by atoms with van der Waals surface area (Å²) in [5.41, 5.74) is 0. The Morgan fingerprint density at radius 2 is 1.44 bits per heavy atom. The van der Waals surface area contributed by atoms with Gasteiger partial charge in [0.05, 0.1) is 0 Å². The normalized spacial score (nSPS) is 9.39. The molecule has 0 aromatic rings. The van der Waals surface area contributed by atoms with Crippen molar-refractivity contribution in [2.75, 3.05) is 6.54 Å². The number of rotatable bonds is 11. The molecule has 0 aromatic heterocycles. The van der Waals surface area contributed by atoms with Gasteiger partial charge in [-0.25, -0.2) is 6.29 Å². The molecule has 0 saturated heterocycles. The van der Waals surface area contributed by atoms with Gasteiger partial charge >= 0.3 is 51.4 Å². The van der Waals surface area contributed by atoms with Gasteiger partial charge < -0.3 is 14.9 Å². The third kappa shape index (κ3) is 16.4. The van der Waals surface area contributed by atoms with Gasteiger partial charge in [0.1, 0.15) is 5.78 Å². The molecule has 0 atom stereocenters. The summed E-state index contributed by atoms with van der Waals surface area (Å²) in [4.78, 5) is 31.6. The second-order valence-corrected chi connectivity index (χ2v) is 4.24. The first kappa shape index (κ1) is 20.8. The molecule has 0 radical (unpaired) electrons. The zero-order valence-corrected chi connectivity index (χ0v) is 14.7. The van der Waals surface area contributed by atoms with Gasteiger partial charge in [0, 0.05) is 12.8 Å². The van der Waals surface area contributed by atoms with Crippen molar-refractivity contribution in [3.8, 4) is 0 Å². The summed E-state index contributed by atoms with van der Waals surface area (Å²) in [5, 5.41) is 2.46. The van der Waals surface area contributed by atoms with Crippen LogP contribution in [0.15, 0.2) is 0 Å². The van der Waals surface area contributed by atoms with Crippen LogP contribution in [0.1, 0.15) is 58.3 Å². The molecule has 4 nitrogen and oxygen atoms in total. The third-order valence-corrected chi connectivity index (χ3v) is 2.54. The molecule has 0 rings (SSSR count). The Labute approximate surface area is 152 Å². The smallest absolute Gasteiger partial charge is 0.540 e. The van der Waals surface area contributed by atoms with Crippen molar-refractivity contribution in [1.82, 2.24) is 5.32 Å². The summed E-state index contributed by atoms with van der Waals surface area (Å²) in [6.45, 7) is 1.61. The van der Waals surface area contributed by atoms with E-state index in [4.69, 9.17) is 0 Å². The molecule has 0 aliphatic carbocycles. The molecule has 0 aliphatic rings. The summed E-state index contributed by atoms with van der Waals surface area (Å²) in [7, 11) is 0. The van der Waals surface area contributed by atoms with Crippen molar-refractivity contribution in [1.29, 1.82) is 0 Å². The Morgan fingerprint density at radius 1 is 0.944 bits per heavy atom. The molecule has 1 N–H and O–H groups in total. The molecule has 0 saturated carbocycles. The average Bonchev–Trinajstić information content (AvgIpc) is 2.29. The maximum atomic E-state index is 11.1. The molecule has 98 valence electrons. The first-order valence-corrected chi connectivity index (χ1v) is 6.28. The molecule has 0 bridgehead atoms. The Balaban J connectivity index is 0. The number of ketones is 1. The number of Topliss-reactive ketones (excluding diaryl/α,β-unsaturated/α-hetero) is 1. The number of carbonyl (C=O) groups is 2. The summed E-state index contributed by atoms with van der Waals surface area (Å²) in [5.74, 6) is 0.179. The topological polar surface area (TPSA) is 63.2 Å². The molecule has 0 fully saturated rings. The van der Waals surface area contributed by atoms with Crippen LogP contribution in [-0.4, -0.2) is 24.5 Å². The number of hydrogen-bond donors (Lipinski definition) is 1. The van der Waals surface area contributed by atoms with E-state index >= 15 is 0 Å². The zero-order chi connectivity index (χ0) is 12.9. The maximum Gasteiger partial charge on any atom is 1.00 e. The van der Waals surface area contributed by atoms with E-state index in [1.54, 1.807) is 13.2 Å². The van der Waals surface area contributed by atoms with Crippen LogP contribution < -0.4 is 56.7 Å². The largest absolute Gasteiger partial charge is 1.00 e. The van der Waals surface area contributed by atoms with Gasteiger partial charge in [-0.2, -0.15) is 0 Å². The Bertz CT molecular complexity index is 244. The van der Waals surface area contributed by atoms with Crippen LogP contribution in [-0.2, 0) is 14.4 Å². The second-order valence-electron chi connectivity index (χ2n) is 4.24. The Kier molecular flexibility index (Phi) is 17.9. The van der Waals surface area contributed by atoms with Gasteiger partial charge in [0.2, 0.25) is 5.91 Å². The fourth-order valence-electron chi connectivity index (χ4n) is 1.59. The van der Waals surface area contributed by atoms with Gasteiger partial charge in [0.15, 0.2) is 0 Å². The molecular formula is C13H22KNO3. The van der Waals surface area contributed by atoms with E-state index in [1.165, 1.54) is 0 Å². The molecule has 1 amide bonds. The molecule has 0 unspecified atom stereocenters. The van der Waals surface area contributed by atoms with Crippen LogP contribution in [0.3, 0.4) is 0 Å². The van der Waals surface area contributed by atoms with Crippen LogP contribution in [0, 0.1) is 0 Å². The Morgan fingerprint density at radius 3 is 1.94 bits per heavy atom. The van der Waals surface area contributed by atoms with Crippen molar-refractivity contribution >= 4 is 18.0 Å². The van der Waals surface area contributed by atoms with Gasteiger partial charge in [-0.15, -0.1) is 0 Å². The first-order valence-electron chi connectivity index (χ1n) is 6.28. The first-order chi connectivity index (χ1) is 8.16. The number of carbonyl (C=O) groups excluding carboxylic acids is 3. The van der Waals surface area contributed by atoms with Gasteiger partial charge in [-0.3, -0.25) is 4.79 Å². The summed E-state index contributed by atoms with van der Waals surface area (Å²) >= 11 is 0. The number of amides is 1. The van der Waals surface area contributed by atoms with Crippen molar-refractivity contribution in [3.63, 3.8) is 0 Å². The van der Waals surface area contributed by atoms with E-state index < -0.39 is 0 Å². The van der Waals surface area contributed by atoms with Crippen molar-refractivity contribution in [3.05, 3.63) is 0 Å². The standard InChI is InChI=1S/C13H22NO3.K/c1-12(16)8-6-4-2-3-5-7-9-13(17)14-10-11-15;/h2-10H2,1H3,(H,14,17);/q-1;+1. The fraction of sp³-hybridized carbons (Fsp3) is 0.769. The Hall–Kier alpha value is 0.446. The van der Waals surface area contributed by atoms with Crippen LogP contribution in [0.25, 0.3) is 0 Å². The molecule has 18 heavy (non-hydrogen) atoms. The van der Waals surface area contributed by atoms with Crippen LogP contribution >= 0.6 is 0 Å². The van der Waals surface area contributed by atoms with E-state index in [2.05, 4.69) is 5.32 Å². The summed E-state index contributed by atoms with van der Waals surface area (Å²) in [6, 6.07) is 0. The van der Waals surface area contributed by atoms with E-state index in [-0.39, 0.29) is 69.6 Å². The monoisotopic (exact) mass is 279 g/mol. The number of unbranched alkanes of at least 4 members (excludes halogenated alkanes) is 5. The van der Waals surface area contributed by atoms with Crippen molar-refractivity contribution in [2.45, 2.75) is 58.3 Å². The minimum absolute atomic E-state index is 0. The van der Waals surface area contributed by atoms with Gasteiger partial charge in [-0.05, 0) is 19.8 Å². The molecule has 0 aliphatic heterocycles. The van der Waals surface area contributed by atoms with E-state index in [9.17, 15) is 14.4 Å². The van der Waals surface area contributed by atoms with E-state index in [0.717, 1.165) is 38.5 Å². The number of hydrogen-bond acceptors (Lipinski definition) is 3. The third-order valence-electron chi connectivity index (χ3n) is 2.54. The van der Waals surface area contributed by atoms with Crippen LogP contribution in [0.5, 0.6) is 0 Å². The minimum Gasteiger partial charge on any atom is -0.540 e. The van der Waals surface area contributed by atoms with E-state index in [0.29, 0.717) is 12.8 Å². The SMILES string of the molecule is CC(=O)CCCCCCCCC(=O)NC[C-]=O.[K+]. The molecular weight excluding hydrogens is 257 g/mol. The second kappa shape index (κ2) is 15.5. The molecule has 0 spiro atoms. The summed E-state index contributed by atoms with van der Waals surface area (Å²) < 4.78 is 0. The predicted octanol–water partition coefficient (Wildman–Crippen LogP) is -1.07. The summed E-state index contributed by atoms with van der Waals surface area (Å²) in [6.07, 6.45) is 8.96. The van der Waals surface area contributed by atoms with Gasteiger partial charge in [-0.1, -0.05) is 32.2 Å². The van der Waals surface area contributed by atoms with Crippen LogP contribution in [0.4, 0.5) is 0 Å². The predicted molar refractivity (Wildman–Crippen MR) is 66.3 cm³/mol. The average molecular weight is 279 g/mol. The maximum absolute atomic E-state index is 11.1. The fourth-order valence-corrected chi connectivity index (χ4v) is 1.59. The van der Waals surface area contributed by atoms with E-state index in [1.807, 2.05) is 0 Å². The van der Waals surface area contributed by atoms with Crippen molar-refractivity contribution < 1.29 is 65.8 Å². The molecule has 5 heteroatoms. The number of nitrogens with one attached hydrogen (secondary N) is 1. The molecule has 0 heterocycles. The van der Waals surface area contributed by atoms with Crippen LogP contribution in [0.2, 0.25) is 0 Å². The van der Waals surface area contributed by atoms with Gasteiger partial charge in [0.25, 0.3) is 0 Å². The quantitative estimate of drug-likeness (QED) is 0.297. The zero-order valence-electron chi connectivity index (χ0n) is 11.6. The minimum atomic E-state index is -0.0788.